The largest absolute Gasteiger partial charge is 0.468 e. The molecule has 0 unspecified atom stereocenters. The maximum Gasteiger partial charge on any atom is 0.323 e. The van der Waals surface area contributed by atoms with Crippen LogP contribution < -0.4 is 5.32 Å². The molecule has 0 saturated heterocycles. The van der Waals surface area contributed by atoms with E-state index in [9.17, 15) is 4.79 Å². The zero-order valence-corrected chi connectivity index (χ0v) is 19.9. The van der Waals surface area contributed by atoms with Crippen LogP contribution in [-0.2, 0) is 22.0 Å². The van der Waals surface area contributed by atoms with Gasteiger partial charge >= 0.3 is 5.97 Å². The van der Waals surface area contributed by atoms with Gasteiger partial charge in [0.1, 0.15) is 5.41 Å². The fourth-order valence-electron chi connectivity index (χ4n) is 5.13. The number of para-hydroxylation sites is 2. The molecule has 174 valence electrons. The van der Waals surface area contributed by atoms with Crippen LogP contribution >= 0.6 is 0 Å². The smallest absolute Gasteiger partial charge is 0.323 e. The zero-order valence-electron chi connectivity index (χ0n) is 19.9. The summed E-state index contributed by atoms with van der Waals surface area (Å²) >= 11 is 0. The summed E-state index contributed by atoms with van der Waals surface area (Å²) in [6, 6.07) is 37.8. The Bertz CT molecular complexity index is 1430. The normalized spacial score (nSPS) is 13.7. The van der Waals surface area contributed by atoms with Crippen molar-refractivity contribution in [1.29, 1.82) is 0 Å². The Labute approximate surface area is 205 Å². The number of nitrogens with zero attached hydrogens (tertiary/aromatic N) is 1. The second-order valence-electron chi connectivity index (χ2n) is 8.69. The third-order valence-electron chi connectivity index (χ3n) is 6.71. The first-order chi connectivity index (χ1) is 17.2. The van der Waals surface area contributed by atoms with Crippen molar-refractivity contribution in [3.05, 3.63) is 138 Å². The number of rotatable bonds is 7. The summed E-state index contributed by atoms with van der Waals surface area (Å²) in [4.78, 5) is 14.2. The minimum Gasteiger partial charge on any atom is -0.468 e. The Hall–Kier alpha value is -4.31. The summed E-state index contributed by atoms with van der Waals surface area (Å²) in [5.41, 5.74) is 3.54. The quantitative estimate of drug-likeness (QED) is 0.282. The minimum absolute atomic E-state index is 0.322. The number of ether oxygens (including phenoxy) is 1. The van der Waals surface area contributed by atoms with Crippen molar-refractivity contribution in [3.63, 3.8) is 0 Å². The van der Waals surface area contributed by atoms with Crippen molar-refractivity contribution >= 4 is 22.6 Å². The first-order valence-electron chi connectivity index (χ1n) is 11.7. The fraction of sp³-hybridized carbons (Fsp3) is 0.129. The van der Waals surface area contributed by atoms with Crippen LogP contribution in [0.25, 0.3) is 10.9 Å². The molecule has 0 aliphatic carbocycles. The predicted octanol–water partition coefficient (Wildman–Crippen LogP) is 6.49. The molecule has 0 bridgehead atoms. The first kappa shape index (κ1) is 22.5. The highest BCUT2D eigenvalue weighted by Crippen LogP contribution is 2.48. The Morgan fingerprint density at radius 1 is 0.800 bits per heavy atom. The predicted molar refractivity (Wildman–Crippen MR) is 141 cm³/mol. The highest BCUT2D eigenvalue weighted by atomic mass is 16.5. The molecule has 5 aromatic rings. The molecule has 4 aromatic carbocycles. The van der Waals surface area contributed by atoms with Crippen molar-refractivity contribution in [2.24, 2.45) is 7.05 Å². The summed E-state index contributed by atoms with van der Waals surface area (Å²) < 4.78 is 7.71. The number of aromatic nitrogens is 1. The van der Waals surface area contributed by atoms with Gasteiger partial charge in [0.25, 0.3) is 0 Å². The van der Waals surface area contributed by atoms with Gasteiger partial charge in [0.05, 0.1) is 13.2 Å². The average Bonchev–Trinajstić information content (AvgIpc) is 3.26. The van der Waals surface area contributed by atoms with Crippen molar-refractivity contribution < 1.29 is 9.53 Å². The number of nitrogens with one attached hydrogen (secondary N) is 1. The molecule has 1 heterocycles. The number of hydrogen-bond donors (Lipinski definition) is 1. The number of carbonyl (C=O) groups excluding carboxylic acids is 1. The number of methoxy groups -OCH3 is 1. The zero-order chi connectivity index (χ0) is 24.3. The van der Waals surface area contributed by atoms with Crippen LogP contribution in [0.3, 0.4) is 0 Å². The highest BCUT2D eigenvalue weighted by Gasteiger charge is 2.52. The van der Waals surface area contributed by atoms with E-state index in [-0.39, 0.29) is 5.97 Å². The molecule has 35 heavy (non-hydrogen) atoms. The molecule has 0 amide bonds. The Kier molecular flexibility index (Phi) is 6.11. The van der Waals surface area contributed by atoms with Crippen LogP contribution in [0.1, 0.15) is 22.7 Å². The topological polar surface area (TPSA) is 43.3 Å². The van der Waals surface area contributed by atoms with E-state index < -0.39 is 11.5 Å². The minimum atomic E-state index is -1.17. The molecule has 4 heteroatoms. The number of hydrogen-bond acceptors (Lipinski definition) is 3. The Balaban J connectivity index is 1.90. The third-order valence-corrected chi connectivity index (χ3v) is 6.71. The first-order valence-corrected chi connectivity index (χ1v) is 11.7. The summed E-state index contributed by atoms with van der Waals surface area (Å²) in [6.45, 7) is 0. The van der Waals surface area contributed by atoms with Crippen molar-refractivity contribution in [2.75, 3.05) is 12.4 Å². The molecule has 0 saturated carbocycles. The molecule has 0 spiro atoms. The lowest BCUT2D eigenvalue weighted by atomic mass is 9.66. The van der Waals surface area contributed by atoms with E-state index in [0.717, 1.165) is 33.3 Å². The van der Waals surface area contributed by atoms with E-state index in [0.29, 0.717) is 0 Å². The molecule has 0 radical (unpaired) electrons. The average molecular weight is 461 g/mol. The van der Waals surface area contributed by atoms with E-state index in [4.69, 9.17) is 4.74 Å². The van der Waals surface area contributed by atoms with Crippen LogP contribution in [0.2, 0.25) is 0 Å². The summed E-state index contributed by atoms with van der Waals surface area (Å²) in [5, 5.41) is 4.73. The number of fused-ring (bicyclic) bond motifs is 1. The third kappa shape index (κ3) is 3.87. The maximum absolute atomic E-state index is 14.2. The van der Waals surface area contributed by atoms with E-state index in [1.807, 2.05) is 98.0 Å². The van der Waals surface area contributed by atoms with Gasteiger partial charge in [0.15, 0.2) is 0 Å². The molecule has 1 N–H and O–H groups in total. The number of anilines is 1. The van der Waals surface area contributed by atoms with Gasteiger partial charge in [-0.3, -0.25) is 4.79 Å². The van der Waals surface area contributed by atoms with E-state index in [1.54, 1.807) is 0 Å². The monoisotopic (exact) mass is 460 g/mol. The number of carbonyl (C=O) groups is 1. The van der Waals surface area contributed by atoms with Gasteiger partial charge in [-0.25, -0.2) is 0 Å². The van der Waals surface area contributed by atoms with Gasteiger partial charge in [-0.15, -0.1) is 0 Å². The van der Waals surface area contributed by atoms with Gasteiger partial charge in [-0.1, -0.05) is 97.1 Å². The Morgan fingerprint density at radius 3 is 2.03 bits per heavy atom. The van der Waals surface area contributed by atoms with Gasteiger partial charge in [0, 0.05) is 35.4 Å². The number of benzene rings is 4. The number of esters is 1. The van der Waals surface area contributed by atoms with Gasteiger partial charge in [-0.2, -0.15) is 0 Å². The molecule has 0 fully saturated rings. The standard InChI is InChI=1S/C31H28N2O2/c1-33-22-27(26-20-12-13-21-28(26)33)31(30(34)35-2,24-16-8-4-9-17-24)29(23-14-6-3-7-15-23)32-25-18-10-5-11-19-25/h3-22,29,32H,1-2H3/t29-,31+/m0/s1. The van der Waals surface area contributed by atoms with Crippen molar-refractivity contribution in [3.8, 4) is 0 Å². The van der Waals surface area contributed by atoms with Crippen LogP contribution in [-0.4, -0.2) is 17.6 Å². The second kappa shape index (κ2) is 9.51. The summed E-state index contributed by atoms with van der Waals surface area (Å²) in [5.74, 6) is -0.322. The van der Waals surface area contributed by atoms with Crippen LogP contribution in [0.5, 0.6) is 0 Å². The summed E-state index contributed by atoms with van der Waals surface area (Å²) in [7, 11) is 3.48. The molecule has 2 atom stereocenters. The molecular weight excluding hydrogens is 432 g/mol. The lowest BCUT2D eigenvalue weighted by molar-refractivity contribution is -0.146. The lowest BCUT2D eigenvalue weighted by Gasteiger charge is -2.40. The molecule has 5 rings (SSSR count). The molecule has 0 aliphatic heterocycles. The van der Waals surface area contributed by atoms with Crippen LogP contribution in [0, 0.1) is 0 Å². The molecular formula is C31H28N2O2. The number of aryl methyl sites for hydroxylation is 1. The SMILES string of the molecule is COC(=O)[C@](c1ccccc1)(c1cn(C)c2ccccc12)[C@@H](Nc1ccccc1)c1ccccc1. The van der Waals surface area contributed by atoms with Crippen LogP contribution in [0.4, 0.5) is 5.69 Å². The molecule has 1 aromatic heterocycles. The highest BCUT2D eigenvalue weighted by molar-refractivity contribution is 5.97. The molecule has 4 nitrogen and oxygen atoms in total. The van der Waals surface area contributed by atoms with Crippen LogP contribution in [0.15, 0.2) is 121 Å². The fourth-order valence-corrected chi connectivity index (χ4v) is 5.13. The van der Waals surface area contributed by atoms with E-state index in [1.165, 1.54) is 7.11 Å². The van der Waals surface area contributed by atoms with Crippen molar-refractivity contribution in [1.82, 2.24) is 4.57 Å². The second-order valence-corrected chi connectivity index (χ2v) is 8.69. The Morgan fingerprint density at radius 2 is 1.37 bits per heavy atom. The van der Waals surface area contributed by atoms with Crippen molar-refractivity contribution in [2.45, 2.75) is 11.5 Å². The lowest BCUT2D eigenvalue weighted by Crippen LogP contribution is -2.46. The van der Waals surface area contributed by atoms with E-state index in [2.05, 4.69) is 40.3 Å². The van der Waals surface area contributed by atoms with Gasteiger partial charge in [0.2, 0.25) is 0 Å². The summed E-state index contributed by atoms with van der Waals surface area (Å²) in [6.07, 6.45) is 2.07. The van der Waals surface area contributed by atoms with E-state index >= 15 is 0 Å². The maximum atomic E-state index is 14.2. The van der Waals surface area contributed by atoms with Gasteiger partial charge < -0.3 is 14.6 Å². The molecule has 0 aliphatic rings. The van der Waals surface area contributed by atoms with Gasteiger partial charge in [-0.05, 0) is 29.3 Å².